The molecule has 0 radical (unpaired) electrons. The molecule has 0 amide bonds. The number of rotatable bonds is 5. The highest BCUT2D eigenvalue weighted by Crippen LogP contribution is 2.33. The third kappa shape index (κ3) is 5.42. The molecule has 1 saturated carbocycles. The van der Waals surface area contributed by atoms with Gasteiger partial charge in [-0.3, -0.25) is 9.98 Å². The summed E-state index contributed by atoms with van der Waals surface area (Å²) >= 11 is 12.7. The molecule has 40 heavy (non-hydrogen) atoms. The first-order valence-electron chi connectivity index (χ1n) is 13.3. The van der Waals surface area contributed by atoms with E-state index in [1.165, 1.54) is 12.1 Å². The Morgan fingerprint density at radius 1 is 0.975 bits per heavy atom. The molecular formula is C31H28Cl2FN5O. The monoisotopic (exact) mass is 575 g/mol. The van der Waals surface area contributed by atoms with E-state index in [1.54, 1.807) is 31.5 Å². The number of methoxy groups -OCH3 is 1. The van der Waals surface area contributed by atoms with Gasteiger partial charge in [-0.15, -0.1) is 0 Å². The largest absolute Gasteiger partial charge is 0.381 e. The molecule has 0 bridgehead atoms. The zero-order chi connectivity index (χ0) is 27.8. The van der Waals surface area contributed by atoms with Crippen LogP contribution in [0.4, 0.5) is 15.8 Å². The molecule has 0 saturated heterocycles. The molecule has 0 spiro atoms. The van der Waals surface area contributed by atoms with E-state index in [4.69, 9.17) is 37.9 Å². The van der Waals surface area contributed by atoms with Crippen molar-refractivity contribution in [3.63, 3.8) is 0 Å². The van der Waals surface area contributed by atoms with Crippen LogP contribution in [0.25, 0.3) is 28.1 Å². The van der Waals surface area contributed by atoms with Crippen LogP contribution in [0.2, 0.25) is 10.0 Å². The van der Waals surface area contributed by atoms with Crippen LogP contribution in [0.15, 0.2) is 71.9 Å². The second kappa shape index (κ2) is 11.2. The molecule has 2 heterocycles. The number of aryl methyl sites for hydroxylation is 1. The van der Waals surface area contributed by atoms with Crippen molar-refractivity contribution >= 4 is 45.6 Å². The summed E-state index contributed by atoms with van der Waals surface area (Å²) in [6.45, 7) is 1.95. The zero-order valence-electron chi connectivity index (χ0n) is 22.2. The van der Waals surface area contributed by atoms with Crippen molar-refractivity contribution in [2.45, 2.75) is 44.8 Å². The van der Waals surface area contributed by atoms with Crippen molar-refractivity contribution < 1.29 is 9.13 Å². The summed E-state index contributed by atoms with van der Waals surface area (Å²) < 4.78 is 21.9. The highest BCUT2D eigenvalue weighted by molar-refractivity contribution is 6.42. The molecule has 9 heteroatoms. The van der Waals surface area contributed by atoms with Gasteiger partial charge in [0.1, 0.15) is 5.82 Å². The van der Waals surface area contributed by atoms with Gasteiger partial charge in [-0.2, -0.15) is 0 Å². The average Bonchev–Trinajstić information content (AvgIpc) is 2.95. The minimum atomic E-state index is -0.359. The highest BCUT2D eigenvalue weighted by Gasteiger charge is 2.22. The van der Waals surface area contributed by atoms with Crippen LogP contribution in [0, 0.1) is 12.7 Å². The molecule has 0 atom stereocenters. The second-order valence-corrected chi connectivity index (χ2v) is 11.0. The summed E-state index contributed by atoms with van der Waals surface area (Å²) in [7, 11) is 1.77. The third-order valence-electron chi connectivity index (χ3n) is 7.40. The molecule has 1 N–H and O–H groups in total. The maximum atomic E-state index is 14.3. The molecule has 2 aliphatic carbocycles. The first-order chi connectivity index (χ1) is 19.4. The van der Waals surface area contributed by atoms with Crippen LogP contribution < -0.4 is 10.7 Å². The van der Waals surface area contributed by atoms with Crippen molar-refractivity contribution in [1.29, 1.82) is 0 Å². The minimum Gasteiger partial charge on any atom is -0.381 e. The number of hydrogen-bond donors (Lipinski definition) is 1. The maximum absolute atomic E-state index is 14.3. The second-order valence-electron chi connectivity index (χ2n) is 10.1. The molecule has 6 rings (SSSR count). The van der Waals surface area contributed by atoms with Crippen molar-refractivity contribution in [3.8, 4) is 17.1 Å². The van der Waals surface area contributed by atoms with Crippen LogP contribution in [0.1, 0.15) is 31.4 Å². The lowest BCUT2D eigenvalue weighted by atomic mass is 9.93. The summed E-state index contributed by atoms with van der Waals surface area (Å²) in [5, 5.41) is 5.19. The van der Waals surface area contributed by atoms with E-state index in [0.29, 0.717) is 21.3 Å². The van der Waals surface area contributed by atoms with Crippen molar-refractivity contribution in [2.24, 2.45) is 4.99 Å². The molecule has 1 aliphatic heterocycles. The number of benzene rings is 3. The average molecular weight is 577 g/mol. The molecule has 1 fully saturated rings. The number of ether oxygens (including phenoxy) is 1. The van der Waals surface area contributed by atoms with Crippen molar-refractivity contribution in [1.82, 2.24) is 14.5 Å². The van der Waals surface area contributed by atoms with Crippen molar-refractivity contribution in [2.75, 3.05) is 12.4 Å². The molecule has 1 aromatic heterocycles. The number of pyridine rings is 1. The smallest absolute Gasteiger partial charge is 0.125 e. The van der Waals surface area contributed by atoms with E-state index in [9.17, 15) is 4.39 Å². The fourth-order valence-electron chi connectivity index (χ4n) is 5.28. The Bertz CT molecular complexity index is 1730. The van der Waals surface area contributed by atoms with Gasteiger partial charge >= 0.3 is 0 Å². The predicted molar refractivity (Wildman–Crippen MR) is 159 cm³/mol. The molecule has 3 aromatic rings. The molecule has 2 aromatic carbocycles. The van der Waals surface area contributed by atoms with E-state index in [1.807, 2.05) is 41.8 Å². The van der Waals surface area contributed by atoms with E-state index in [2.05, 4.69) is 10.3 Å². The Hall–Kier alpha value is -3.52. The minimum absolute atomic E-state index is 0.168. The number of nitrogens with zero attached hydrogens (tertiary/aromatic N) is 4. The summed E-state index contributed by atoms with van der Waals surface area (Å²) in [5.41, 5.74) is 6.11. The summed E-state index contributed by atoms with van der Waals surface area (Å²) in [4.78, 5) is 14.5. The quantitative estimate of drug-likeness (QED) is 0.216. The maximum Gasteiger partial charge on any atom is 0.125 e. The van der Waals surface area contributed by atoms with Crippen LogP contribution >= 0.6 is 23.2 Å². The third-order valence-corrected chi connectivity index (χ3v) is 8.14. The van der Waals surface area contributed by atoms with Crippen LogP contribution in [-0.4, -0.2) is 33.8 Å². The molecule has 0 unspecified atom stereocenters. The van der Waals surface area contributed by atoms with Gasteiger partial charge in [-0.05, 0) is 87.2 Å². The van der Waals surface area contributed by atoms with Gasteiger partial charge in [-0.1, -0.05) is 23.2 Å². The number of halogens is 3. The molecular weight excluding hydrogens is 548 g/mol. The number of aromatic nitrogens is 3. The van der Waals surface area contributed by atoms with Gasteiger partial charge in [0.25, 0.3) is 0 Å². The highest BCUT2D eigenvalue weighted by atomic mass is 35.5. The van der Waals surface area contributed by atoms with Gasteiger partial charge in [0.2, 0.25) is 0 Å². The summed E-state index contributed by atoms with van der Waals surface area (Å²) in [6, 6.07) is 18.2. The van der Waals surface area contributed by atoms with E-state index >= 15 is 0 Å². The molecule has 6 nitrogen and oxygen atoms in total. The lowest BCUT2D eigenvalue weighted by molar-refractivity contribution is 0.0663. The van der Waals surface area contributed by atoms with Crippen LogP contribution in [-0.2, 0) is 4.74 Å². The number of hydrogen-bond acceptors (Lipinski definition) is 5. The van der Waals surface area contributed by atoms with E-state index < -0.39 is 0 Å². The van der Waals surface area contributed by atoms with Gasteiger partial charge < -0.3 is 14.6 Å². The Labute approximate surface area is 241 Å². The predicted octanol–water partition coefficient (Wildman–Crippen LogP) is 7.88. The number of anilines is 2. The Kier molecular flexibility index (Phi) is 7.45. The Balaban J connectivity index is 1.59. The van der Waals surface area contributed by atoms with Gasteiger partial charge in [0, 0.05) is 24.6 Å². The number of nitrogens with one attached hydrogen (secondary N) is 1. The number of fused-ring (bicyclic) bond motifs is 2. The Morgan fingerprint density at radius 2 is 1.80 bits per heavy atom. The molecule has 204 valence electrons. The lowest BCUT2D eigenvalue weighted by Crippen LogP contribution is -2.25. The normalized spacial score (nSPS) is 18.0. The van der Waals surface area contributed by atoms with Gasteiger partial charge in [-0.25, -0.2) is 9.37 Å². The van der Waals surface area contributed by atoms with Crippen LogP contribution in [0.3, 0.4) is 0 Å². The summed E-state index contributed by atoms with van der Waals surface area (Å²) in [5.74, 6) is -0.359. The first-order valence-corrected chi connectivity index (χ1v) is 14.0. The molecule has 3 aliphatic rings. The van der Waals surface area contributed by atoms with Crippen LogP contribution in [0.5, 0.6) is 0 Å². The lowest BCUT2D eigenvalue weighted by Gasteiger charge is -2.25. The van der Waals surface area contributed by atoms with Gasteiger partial charge in [0.15, 0.2) is 0 Å². The Morgan fingerprint density at radius 3 is 2.52 bits per heavy atom. The van der Waals surface area contributed by atoms with E-state index in [-0.39, 0.29) is 18.0 Å². The SMILES string of the molecule is COC1CCC(N=c2cc3n(-c4ccc(Cl)c(Cl)c4)c4ccc(F)cc4nc-3cc2Nc2ccc(C)nc2)CC1. The zero-order valence-corrected chi connectivity index (χ0v) is 23.7. The first kappa shape index (κ1) is 26.7. The van der Waals surface area contributed by atoms with Gasteiger partial charge in [0.05, 0.1) is 67.5 Å². The summed E-state index contributed by atoms with van der Waals surface area (Å²) in [6.07, 6.45) is 5.93. The standard InChI is InChI=1S/C31H28Cl2FN5O/c1-18-3-5-21(17-35-18)37-26-15-29-31(16-27(26)36-20-6-9-23(40-2)10-7-20)39(22-8-11-24(32)25(33)14-22)30-12-4-19(34)13-28(30)38-29/h3-5,8,11-17,20,23,37H,6-7,9-10H2,1-2H3. The fraction of sp³-hybridized carbons (Fsp3) is 0.258. The fourth-order valence-corrected chi connectivity index (χ4v) is 5.57. The van der Waals surface area contributed by atoms with E-state index in [0.717, 1.165) is 65.0 Å². The topological polar surface area (TPSA) is 64.3 Å². The van der Waals surface area contributed by atoms with Crippen molar-refractivity contribution in [3.05, 3.63) is 93.8 Å².